The van der Waals surface area contributed by atoms with E-state index >= 15 is 0 Å². The average Bonchev–Trinajstić information content (AvgIpc) is 2.18. The summed E-state index contributed by atoms with van der Waals surface area (Å²) >= 11 is 0. The summed E-state index contributed by atoms with van der Waals surface area (Å²) in [5.41, 5.74) is 0.674. The molecule has 0 saturated heterocycles. The van der Waals surface area contributed by atoms with E-state index in [1.165, 1.54) is 0 Å². The van der Waals surface area contributed by atoms with Gasteiger partial charge in [-0.1, -0.05) is 6.92 Å². The molecule has 3 heteroatoms. The van der Waals surface area contributed by atoms with Gasteiger partial charge in [-0.15, -0.1) is 0 Å². The van der Waals surface area contributed by atoms with Crippen molar-refractivity contribution in [1.29, 1.82) is 0 Å². The molecule has 0 aliphatic rings. The molecule has 0 amide bonds. The predicted molar refractivity (Wildman–Crippen MR) is 48.8 cm³/mol. The maximum absolute atomic E-state index is 11.2. The van der Waals surface area contributed by atoms with E-state index in [9.17, 15) is 4.79 Å². The molecule has 0 heterocycles. The summed E-state index contributed by atoms with van der Waals surface area (Å²) in [4.78, 5) is 11.2. The molecule has 0 aliphatic carbocycles. The summed E-state index contributed by atoms with van der Waals surface area (Å²) in [7, 11) is 0. The van der Waals surface area contributed by atoms with Crippen molar-refractivity contribution in [3.63, 3.8) is 0 Å². The van der Waals surface area contributed by atoms with Gasteiger partial charge in [-0.2, -0.15) is 0 Å². The highest BCUT2D eigenvalue weighted by atomic mass is 16.6. The molecule has 0 aliphatic heterocycles. The van der Waals surface area contributed by atoms with Crippen LogP contribution in [0.4, 0.5) is 0 Å². The number of ketones is 1. The van der Waals surface area contributed by atoms with Crippen molar-refractivity contribution in [1.82, 2.24) is 0 Å². The number of carbonyl (C=O) groups excluding carboxylic acids is 1. The third-order valence-electron chi connectivity index (χ3n) is 1.73. The monoisotopic (exact) mass is 180 g/mol. The van der Waals surface area contributed by atoms with E-state index in [4.69, 9.17) is 9.84 Å². The first kappa shape index (κ1) is 9.74. The fraction of sp³-hybridized carbons (Fsp3) is 0.300. The number of ether oxygens (including phenoxy) is 1. The lowest BCUT2D eigenvalue weighted by Crippen LogP contribution is -1.98. The molecule has 0 fully saturated rings. The Morgan fingerprint density at radius 1 is 1.38 bits per heavy atom. The van der Waals surface area contributed by atoms with Gasteiger partial charge in [-0.25, -0.2) is 0 Å². The molecule has 0 saturated carbocycles. The van der Waals surface area contributed by atoms with Crippen LogP contribution in [0, 0.1) is 0 Å². The molecular formula is C10H12O3. The molecule has 13 heavy (non-hydrogen) atoms. The topological polar surface area (TPSA) is 46.5 Å². The standard InChI is InChI=1S/C10H12O3/c1-2-10(12)8-3-5-9(6-4-8)13-7-11/h3-6,11H,2,7H2,1H3. The van der Waals surface area contributed by atoms with Crippen molar-refractivity contribution < 1.29 is 14.6 Å². The second-order valence-corrected chi connectivity index (χ2v) is 2.57. The van der Waals surface area contributed by atoms with Crippen molar-refractivity contribution in [2.75, 3.05) is 6.79 Å². The van der Waals surface area contributed by atoms with E-state index in [1.807, 2.05) is 6.92 Å². The van der Waals surface area contributed by atoms with Gasteiger partial charge in [0.1, 0.15) is 5.75 Å². The Kier molecular flexibility index (Phi) is 3.46. The van der Waals surface area contributed by atoms with Crippen molar-refractivity contribution >= 4 is 5.78 Å². The second-order valence-electron chi connectivity index (χ2n) is 2.57. The molecule has 0 spiro atoms. The van der Waals surface area contributed by atoms with Crippen molar-refractivity contribution in [3.8, 4) is 5.75 Å². The molecule has 3 nitrogen and oxygen atoms in total. The minimum atomic E-state index is -0.346. The number of Topliss-reactive ketones (excluding diaryl/α,β-unsaturated/α-hetero) is 1. The van der Waals surface area contributed by atoms with E-state index in [2.05, 4.69) is 0 Å². The lowest BCUT2D eigenvalue weighted by molar-refractivity contribution is 0.0981. The number of hydrogen-bond acceptors (Lipinski definition) is 3. The highest BCUT2D eigenvalue weighted by Gasteiger charge is 2.01. The van der Waals surface area contributed by atoms with Crippen LogP contribution < -0.4 is 4.74 Å². The van der Waals surface area contributed by atoms with Gasteiger partial charge in [-0.05, 0) is 24.3 Å². The predicted octanol–water partition coefficient (Wildman–Crippen LogP) is 1.61. The van der Waals surface area contributed by atoms with Gasteiger partial charge >= 0.3 is 0 Å². The quantitative estimate of drug-likeness (QED) is 0.565. The Hall–Kier alpha value is -1.35. The first-order chi connectivity index (χ1) is 6.27. The van der Waals surface area contributed by atoms with Crippen LogP contribution in [-0.2, 0) is 0 Å². The molecule has 0 radical (unpaired) electrons. The molecule has 0 bridgehead atoms. The first-order valence-corrected chi connectivity index (χ1v) is 4.15. The van der Waals surface area contributed by atoms with Crippen LogP contribution in [0.3, 0.4) is 0 Å². The van der Waals surface area contributed by atoms with Gasteiger partial charge < -0.3 is 9.84 Å². The molecule has 1 aromatic rings. The van der Waals surface area contributed by atoms with Crippen molar-refractivity contribution in [2.45, 2.75) is 13.3 Å². The molecule has 70 valence electrons. The number of carbonyl (C=O) groups is 1. The molecular weight excluding hydrogens is 168 g/mol. The number of benzene rings is 1. The van der Waals surface area contributed by atoms with Crippen LogP contribution in [0.15, 0.2) is 24.3 Å². The summed E-state index contributed by atoms with van der Waals surface area (Å²) in [5, 5.41) is 8.46. The third kappa shape index (κ3) is 2.56. The summed E-state index contributed by atoms with van der Waals surface area (Å²) in [6, 6.07) is 6.71. The normalized spacial score (nSPS) is 9.69. The number of aliphatic hydroxyl groups excluding tert-OH is 1. The van der Waals surface area contributed by atoms with Gasteiger partial charge in [0.15, 0.2) is 12.6 Å². The zero-order valence-electron chi connectivity index (χ0n) is 7.49. The van der Waals surface area contributed by atoms with Crippen molar-refractivity contribution in [2.24, 2.45) is 0 Å². The lowest BCUT2D eigenvalue weighted by atomic mass is 10.1. The fourth-order valence-electron chi connectivity index (χ4n) is 1.02. The summed E-state index contributed by atoms with van der Waals surface area (Å²) in [6.07, 6.45) is 0.500. The van der Waals surface area contributed by atoms with Crippen LogP contribution >= 0.6 is 0 Å². The summed E-state index contributed by atoms with van der Waals surface area (Å²) < 4.78 is 4.82. The number of rotatable bonds is 4. The van der Waals surface area contributed by atoms with Gasteiger partial charge in [0.05, 0.1) is 0 Å². The Balaban J connectivity index is 2.75. The van der Waals surface area contributed by atoms with E-state index in [-0.39, 0.29) is 12.6 Å². The van der Waals surface area contributed by atoms with Gasteiger partial charge in [0.25, 0.3) is 0 Å². The molecule has 0 unspecified atom stereocenters. The van der Waals surface area contributed by atoms with Gasteiger partial charge in [0, 0.05) is 12.0 Å². The molecule has 0 aromatic heterocycles. The molecule has 1 rings (SSSR count). The highest BCUT2D eigenvalue weighted by molar-refractivity contribution is 5.95. The van der Waals surface area contributed by atoms with Crippen molar-refractivity contribution in [3.05, 3.63) is 29.8 Å². The van der Waals surface area contributed by atoms with E-state index in [1.54, 1.807) is 24.3 Å². The van der Waals surface area contributed by atoms with E-state index in [0.717, 1.165) is 0 Å². The smallest absolute Gasteiger partial charge is 0.186 e. The minimum Gasteiger partial charge on any atom is -0.468 e. The largest absolute Gasteiger partial charge is 0.468 e. The Bertz CT molecular complexity index is 277. The van der Waals surface area contributed by atoms with Gasteiger partial charge in [-0.3, -0.25) is 4.79 Å². The number of aliphatic hydroxyl groups is 1. The summed E-state index contributed by atoms with van der Waals surface area (Å²) in [5.74, 6) is 0.672. The maximum atomic E-state index is 11.2. The minimum absolute atomic E-state index is 0.107. The van der Waals surface area contributed by atoms with Crippen LogP contribution in [0.25, 0.3) is 0 Å². The number of hydrogen-bond donors (Lipinski definition) is 1. The Morgan fingerprint density at radius 2 is 2.00 bits per heavy atom. The zero-order valence-corrected chi connectivity index (χ0v) is 7.49. The Labute approximate surface area is 77.0 Å². The lowest BCUT2D eigenvalue weighted by Gasteiger charge is -2.02. The van der Waals surface area contributed by atoms with Crippen LogP contribution in [0.1, 0.15) is 23.7 Å². The molecule has 1 N–H and O–H groups in total. The molecule has 1 aromatic carbocycles. The summed E-state index contributed by atoms with van der Waals surface area (Å²) in [6.45, 7) is 1.47. The van der Waals surface area contributed by atoms with Crippen LogP contribution in [-0.4, -0.2) is 17.7 Å². The highest BCUT2D eigenvalue weighted by Crippen LogP contribution is 2.12. The maximum Gasteiger partial charge on any atom is 0.186 e. The van der Waals surface area contributed by atoms with Crippen LogP contribution in [0.5, 0.6) is 5.75 Å². The third-order valence-corrected chi connectivity index (χ3v) is 1.73. The average molecular weight is 180 g/mol. The van der Waals surface area contributed by atoms with E-state index in [0.29, 0.717) is 17.7 Å². The SMILES string of the molecule is CCC(=O)c1ccc(OCO)cc1. The first-order valence-electron chi connectivity index (χ1n) is 4.15. The molecule has 0 atom stereocenters. The zero-order chi connectivity index (χ0) is 9.68. The second kappa shape index (κ2) is 4.62. The Morgan fingerprint density at radius 3 is 2.46 bits per heavy atom. The fourth-order valence-corrected chi connectivity index (χ4v) is 1.02. The van der Waals surface area contributed by atoms with Crippen LogP contribution in [0.2, 0.25) is 0 Å². The van der Waals surface area contributed by atoms with Gasteiger partial charge in [0.2, 0.25) is 0 Å². The van der Waals surface area contributed by atoms with E-state index < -0.39 is 0 Å².